The van der Waals surface area contributed by atoms with Gasteiger partial charge in [-0.05, 0) is 50.5 Å². The average Bonchev–Trinajstić information content (AvgIpc) is 3.61. The summed E-state index contributed by atoms with van der Waals surface area (Å²) in [5.41, 5.74) is 0.560. The summed E-state index contributed by atoms with van der Waals surface area (Å²) >= 11 is 0. The normalized spacial score (nSPS) is 26.4. The number of imide groups is 1. The van der Waals surface area contributed by atoms with Crippen LogP contribution in [0, 0.1) is 5.92 Å². The Morgan fingerprint density at radius 2 is 1.77 bits per heavy atom. The highest BCUT2D eigenvalue weighted by molar-refractivity contribution is 6.07. The van der Waals surface area contributed by atoms with Crippen LogP contribution in [-0.2, 0) is 16.0 Å². The second-order valence-electron chi connectivity index (χ2n) is 9.62. The highest BCUT2D eigenvalue weighted by Crippen LogP contribution is 2.35. The fraction of sp³-hybridized carbons (Fsp3) is 0.625. The van der Waals surface area contributed by atoms with E-state index in [2.05, 4.69) is 34.5 Å². The van der Waals surface area contributed by atoms with Gasteiger partial charge in [0.05, 0.1) is 6.04 Å². The number of hydrogen-bond donors (Lipinski definition) is 1. The van der Waals surface area contributed by atoms with Crippen LogP contribution in [0.1, 0.15) is 44.1 Å². The van der Waals surface area contributed by atoms with Crippen LogP contribution in [0.3, 0.4) is 0 Å². The van der Waals surface area contributed by atoms with Crippen LogP contribution in [-0.4, -0.2) is 76.8 Å². The minimum absolute atomic E-state index is 0.0778. The number of carbonyl (C=O) groups is 3. The zero-order valence-corrected chi connectivity index (χ0v) is 18.1. The van der Waals surface area contributed by atoms with Crippen molar-refractivity contribution in [2.24, 2.45) is 5.92 Å². The van der Waals surface area contributed by atoms with Crippen molar-refractivity contribution in [3.8, 4) is 0 Å². The van der Waals surface area contributed by atoms with Crippen LogP contribution < -0.4 is 5.32 Å². The third kappa shape index (κ3) is 4.07. The van der Waals surface area contributed by atoms with Crippen molar-refractivity contribution < 1.29 is 14.4 Å². The van der Waals surface area contributed by atoms with E-state index in [1.807, 2.05) is 11.0 Å². The van der Waals surface area contributed by atoms with Crippen molar-refractivity contribution in [1.82, 2.24) is 20.0 Å². The maximum atomic E-state index is 13.4. The van der Waals surface area contributed by atoms with Gasteiger partial charge in [-0.25, -0.2) is 4.79 Å². The number of amides is 4. The van der Waals surface area contributed by atoms with Crippen molar-refractivity contribution in [1.29, 1.82) is 0 Å². The van der Waals surface area contributed by atoms with Crippen LogP contribution in [0.15, 0.2) is 30.3 Å². The summed E-state index contributed by atoms with van der Waals surface area (Å²) in [6.45, 7) is 3.82. The number of piperidine rings is 2. The van der Waals surface area contributed by atoms with E-state index in [0.717, 1.165) is 58.3 Å². The third-order valence-electron chi connectivity index (χ3n) is 7.46. The first kappa shape index (κ1) is 20.5. The Kier molecular flexibility index (Phi) is 5.46. The Hall–Kier alpha value is -2.41. The molecule has 0 aromatic heterocycles. The van der Waals surface area contributed by atoms with Crippen LogP contribution in [0.25, 0.3) is 0 Å². The molecule has 1 saturated carbocycles. The molecule has 4 amide bonds. The topological polar surface area (TPSA) is 73.0 Å². The fourth-order valence-electron chi connectivity index (χ4n) is 5.36. The Morgan fingerprint density at radius 3 is 2.48 bits per heavy atom. The van der Waals surface area contributed by atoms with Crippen LogP contribution in [0.2, 0.25) is 0 Å². The van der Waals surface area contributed by atoms with Gasteiger partial charge in [-0.2, -0.15) is 0 Å². The molecule has 4 aliphatic rings. The molecule has 7 heteroatoms. The van der Waals surface area contributed by atoms with E-state index >= 15 is 0 Å². The zero-order valence-electron chi connectivity index (χ0n) is 18.1. The number of hydrogen-bond acceptors (Lipinski definition) is 4. The molecule has 7 nitrogen and oxygen atoms in total. The molecule has 5 rings (SSSR count). The quantitative estimate of drug-likeness (QED) is 0.734. The molecule has 3 aliphatic heterocycles. The minimum Gasteiger partial charge on any atom is -0.340 e. The summed E-state index contributed by atoms with van der Waals surface area (Å²) in [6.07, 6.45) is 5.89. The SMILES string of the molecule is O=C(C1CC1)N1CCCC(N2C(=O)NC3(CCN(CCc4ccccc4)CC3)C2=O)C1. The summed E-state index contributed by atoms with van der Waals surface area (Å²) in [4.78, 5) is 44.5. The second kappa shape index (κ2) is 8.26. The van der Waals surface area contributed by atoms with E-state index in [9.17, 15) is 14.4 Å². The molecule has 31 heavy (non-hydrogen) atoms. The molecule has 0 bridgehead atoms. The number of benzene rings is 1. The number of urea groups is 1. The van der Waals surface area contributed by atoms with E-state index in [4.69, 9.17) is 0 Å². The zero-order chi connectivity index (χ0) is 21.4. The van der Waals surface area contributed by atoms with E-state index in [-0.39, 0.29) is 29.8 Å². The summed E-state index contributed by atoms with van der Waals surface area (Å²) in [7, 11) is 0. The minimum atomic E-state index is -0.761. The van der Waals surface area contributed by atoms with Crippen LogP contribution >= 0.6 is 0 Å². The fourth-order valence-corrected chi connectivity index (χ4v) is 5.36. The third-order valence-corrected chi connectivity index (χ3v) is 7.46. The maximum Gasteiger partial charge on any atom is 0.325 e. The Bertz CT molecular complexity index is 846. The lowest BCUT2D eigenvalue weighted by Crippen LogP contribution is -2.56. The van der Waals surface area contributed by atoms with Crippen molar-refractivity contribution >= 4 is 17.8 Å². The molecule has 1 aliphatic carbocycles. The first-order valence-electron chi connectivity index (χ1n) is 11.8. The van der Waals surface area contributed by atoms with Gasteiger partial charge in [0.1, 0.15) is 5.54 Å². The predicted octanol–water partition coefficient (Wildman–Crippen LogP) is 2.02. The van der Waals surface area contributed by atoms with Crippen LogP contribution in [0.4, 0.5) is 4.79 Å². The highest BCUT2D eigenvalue weighted by Gasteiger charge is 2.54. The number of nitrogens with zero attached hydrogens (tertiary/aromatic N) is 3. The first-order chi connectivity index (χ1) is 15.1. The van der Waals surface area contributed by atoms with Crippen molar-refractivity contribution in [3.05, 3.63) is 35.9 Å². The molecule has 3 heterocycles. The molecule has 1 unspecified atom stereocenters. The molecule has 1 atom stereocenters. The lowest BCUT2D eigenvalue weighted by Gasteiger charge is -2.39. The maximum absolute atomic E-state index is 13.4. The van der Waals surface area contributed by atoms with Gasteiger partial charge in [0.2, 0.25) is 5.91 Å². The lowest BCUT2D eigenvalue weighted by atomic mass is 9.87. The monoisotopic (exact) mass is 424 g/mol. The van der Waals surface area contributed by atoms with E-state index < -0.39 is 5.54 Å². The molecule has 1 N–H and O–H groups in total. The molecule has 0 radical (unpaired) electrons. The summed E-state index contributed by atoms with van der Waals surface area (Å²) in [6, 6.07) is 9.98. The van der Waals surface area contributed by atoms with Crippen molar-refractivity contribution in [2.75, 3.05) is 32.7 Å². The highest BCUT2D eigenvalue weighted by atomic mass is 16.2. The van der Waals surface area contributed by atoms with Gasteiger partial charge in [-0.1, -0.05) is 30.3 Å². The molecular formula is C24H32N4O3. The number of nitrogens with one attached hydrogen (secondary N) is 1. The summed E-state index contributed by atoms with van der Waals surface area (Å²) in [5.74, 6) is 0.303. The van der Waals surface area contributed by atoms with E-state index in [0.29, 0.717) is 19.4 Å². The number of carbonyl (C=O) groups excluding carboxylic acids is 3. The van der Waals surface area contributed by atoms with Gasteiger partial charge >= 0.3 is 6.03 Å². The summed E-state index contributed by atoms with van der Waals surface area (Å²) < 4.78 is 0. The molecule has 4 fully saturated rings. The van der Waals surface area contributed by atoms with Crippen LogP contribution in [0.5, 0.6) is 0 Å². The average molecular weight is 425 g/mol. The van der Waals surface area contributed by atoms with Gasteiger partial charge < -0.3 is 15.1 Å². The molecule has 1 aromatic carbocycles. The molecule has 1 spiro atoms. The molecule has 166 valence electrons. The first-order valence-corrected chi connectivity index (χ1v) is 11.8. The number of likely N-dealkylation sites (tertiary alicyclic amines) is 2. The molecule has 3 saturated heterocycles. The van der Waals surface area contributed by atoms with E-state index in [1.54, 1.807) is 0 Å². The Labute approximate surface area is 183 Å². The molecule has 1 aromatic rings. The van der Waals surface area contributed by atoms with Crippen molar-refractivity contribution in [3.63, 3.8) is 0 Å². The lowest BCUT2D eigenvalue weighted by molar-refractivity contribution is -0.139. The van der Waals surface area contributed by atoms with Gasteiger partial charge in [-0.3, -0.25) is 14.5 Å². The van der Waals surface area contributed by atoms with E-state index in [1.165, 1.54) is 10.5 Å². The summed E-state index contributed by atoms with van der Waals surface area (Å²) in [5, 5.41) is 3.05. The standard InChI is InChI=1S/C24H32N4O3/c29-21(19-8-9-19)27-13-4-7-20(17-27)28-22(30)24(25-23(28)31)11-15-26(16-12-24)14-10-18-5-2-1-3-6-18/h1-3,5-6,19-20H,4,7-17H2,(H,25,31). The molecular weight excluding hydrogens is 392 g/mol. The Morgan fingerprint density at radius 1 is 1.03 bits per heavy atom. The van der Waals surface area contributed by atoms with Gasteiger partial charge in [0.15, 0.2) is 0 Å². The second-order valence-corrected chi connectivity index (χ2v) is 9.62. The predicted molar refractivity (Wildman–Crippen MR) is 116 cm³/mol. The van der Waals surface area contributed by atoms with Gasteiger partial charge in [0.25, 0.3) is 5.91 Å². The largest absolute Gasteiger partial charge is 0.340 e. The Balaban J connectivity index is 1.18. The van der Waals surface area contributed by atoms with Gasteiger partial charge in [0, 0.05) is 38.6 Å². The van der Waals surface area contributed by atoms with Gasteiger partial charge in [-0.15, -0.1) is 0 Å². The number of rotatable bonds is 5. The smallest absolute Gasteiger partial charge is 0.325 e. The van der Waals surface area contributed by atoms with Crippen molar-refractivity contribution in [2.45, 2.75) is 56.5 Å².